The molecule has 19 heavy (non-hydrogen) atoms. The first-order chi connectivity index (χ1) is 9.09. The predicted molar refractivity (Wildman–Crippen MR) is 76.5 cm³/mol. The molecule has 0 saturated heterocycles. The second-order valence-corrected chi connectivity index (χ2v) is 6.24. The highest BCUT2D eigenvalue weighted by Gasteiger charge is 2.28. The van der Waals surface area contributed by atoms with Crippen molar-refractivity contribution in [3.05, 3.63) is 59.2 Å². The summed E-state index contributed by atoms with van der Waals surface area (Å²) in [4.78, 5) is 0.686. The summed E-state index contributed by atoms with van der Waals surface area (Å²) in [6.45, 7) is 1.96. The van der Waals surface area contributed by atoms with Crippen LogP contribution in [0.15, 0.2) is 47.4 Å². The monoisotopic (exact) mass is 273 g/mol. The number of anilines is 1. The third-order valence-electron chi connectivity index (χ3n) is 3.47. The molecule has 0 fully saturated rings. The zero-order valence-electron chi connectivity index (χ0n) is 10.8. The van der Waals surface area contributed by atoms with E-state index in [1.54, 1.807) is 11.4 Å². The van der Waals surface area contributed by atoms with Gasteiger partial charge in [0.2, 0.25) is 0 Å². The van der Waals surface area contributed by atoms with Crippen molar-refractivity contribution in [1.82, 2.24) is 0 Å². The molecule has 2 atom stereocenters. The minimum atomic E-state index is -1.30. The molecule has 0 aliphatic carbocycles. The third-order valence-corrected chi connectivity index (χ3v) is 4.90. The van der Waals surface area contributed by atoms with Gasteiger partial charge in [-0.1, -0.05) is 30.3 Å². The van der Waals surface area contributed by atoms with Gasteiger partial charge in [0.15, 0.2) is 11.0 Å². The van der Waals surface area contributed by atoms with Crippen LogP contribution < -0.4 is 4.31 Å². The van der Waals surface area contributed by atoms with E-state index in [1.165, 1.54) is 0 Å². The van der Waals surface area contributed by atoms with Gasteiger partial charge in [-0.3, -0.25) is 4.31 Å². The Labute approximate surface area is 115 Å². The van der Waals surface area contributed by atoms with Crippen LogP contribution in [0.2, 0.25) is 0 Å². The first-order valence-electron chi connectivity index (χ1n) is 6.13. The van der Waals surface area contributed by atoms with Crippen LogP contribution in [0.25, 0.3) is 0 Å². The highest BCUT2D eigenvalue weighted by atomic mass is 32.2. The second kappa shape index (κ2) is 4.47. The Morgan fingerprint density at radius 1 is 1.16 bits per heavy atom. The lowest BCUT2D eigenvalue weighted by atomic mass is 9.99. The molecule has 2 aromatic carbocycles. The number of aliphatic hydroxyl groups excluding tert-OH is 1. The van der Waals surface area contributed by atoms with E-state index in [0.29, 0.717) is 4.90 Å². The fourth-order valence-electron chi connectivity index (χ4n) is 2.43. The summed E-state index contributed by atoms with van der Waals surface area (Å²) in [5, 5.41) is 10.6. The van der Waals surface area contributed by atoms with Crippen LogP contribution in [-0.4, -0.2) is 16.4 Å². The van der Waals surface area contributed by atoms with Crippen molar-refractivity contribution in [2.24, 2.45) is 0 Å². The maximum Gasteiger partial charge on any atom is 0.153 e. The normalized spacial score (nSPS) is 21.5. The summed E-state index contributed by atoms with van der Waals surface area (Å²) in [6, 6.07) is 13.2. The number of para-hydroxylation sites is 1. The molecule has 1 heterocycles. The zero-order valence-corrected chi connectivity index (χ0v) is 11.6. The highest BCUT2D eigenvalue weighted by molar-refractivity contribution is 7.86. The van der Waals surface area contributed by atoms with E-state index in [9.17, 15) is 9.32 Å². The summed E-state index contributed by atoms with van der Waals surface area (Å²) in [6.07, 6.45) is -0.735. The van der Waals surface area contributed by atoms with Crippen molar-refractivity contribution in [2.75, 3.05) is 11.4 Å². The molecule has 0 saturated carbocycles. The average Bonchev–Trinajstić information content (AvgIpc) is 2.51. The van der Waals surface area contributed by atoms with Crippen LogP contribution in [0.1, 0.15) is 22.8 Å². The molecule has 0 spiro atoms. The maximum atomic E-state index is 12.6. The number of rotatable bonds is 0. The van der Waals surface area contributed by atoms with Crippen molar-refractivity contribution in [2.45, 2.75) is 17.9 Å². The first kappa shape index (κ1) is 12.4. The number of fused-ring (bicyclic) bond motifs is 2. The van der Waals surface area contributed by atoms with Crippen molar-refractivity contribution < 1.29 is 9.32 Å². The molecule has 0 radical (unpaired) electrons. The molecule has 2 unspecified atom stereocenters. The third kappa shape index (κ3) is 1.88. The summed E-state index contributed by atoms with van der Waals surface area (Å²) in [7, 11) is 0.495. The van der Waals surface area contributed by atoms with E-state index in [2.05, 4.69) is 0 Å². The van der Waals surface area contributed by atoms with Crippen LogP contribution in [0.3, 0.4) is 0 Å². The summed E-state index contributed by atoms with van der Waals surface area (Å²) < 4.78 is 14.3. The SMILES string of the molecule is Cc1ccc2c(c1)S(=O)N(C)c1ccccc1C2O. The predicted octanol–water partition coefficient (Wildman–Crippen LogP) is 2.55. The molecule has 3 nitrogen and oxygen atoms in total. The first-order valence-corrected chi connectivity index (χ1v) is 7.23. The molecule has 0 aromatic heterocycles. The largest absolute Gasteiger partial charge is 0.384 e. The molecule has 3 rings (SSSR count). The number of nitrogens with zero attached hydrogens (tertiary/aromatic N) is 1. The lowest BCUT2D eigenvalue weighted by Gasteiger charge is -2.18. The van der Waals surface area contributed by atoms with Gasteiger partial charge >= 0.3 is 0 Å². The quantitative estimate of drug-likeness (QED) is 0.801. The molecule has 98 valence electrons. The van der Waals surface area contributed by atoms with Gasteiger partial charge < -0.3 is 5.11 Å². The number of aliphatic hydroxyl groups is 1. The molecule has 2 aromatic rings. The van der Waals surface area contributed by atoms with Gasteiger partial charge in [-0.05, 0) is 24.6 Å². The number of benzene rings is 2. The Morgan fingerprint density at radius 2 is 1.89 bits per heavy atom. The average molecular weight is 273 g/mol. The van der Waals surface area contributed by atoms with E-state index in [1.807, 2.05) is 49.4 Å². The minimum Gasteiger partial charge on any atom is -0.384 e. The van der Waals surface area contributed by atoms with E-state index < -0.39 is 17.1 Å². The van der Waals surface area contributed by atoms with Crippen LogP contribution >= 0.6 is 0 Å². The fraction of sp³-hybridized carbons (Fsp3) is 0.200. The van der Waals surface area contributed by atoms with Crippen molar-refractivity contribution >= 4 is 16.7 Å². The van der Waals surface area contributed by atoms with Gasteiger partial charge in [-0.25, -0.2) is 4.21 Å². The van der Waals surface area contributed by atoms with E-state index in [-0.39, 0.29) is 0 Å². The number of hydrogen-bond acceptors (Lipinski definition) is 2. The van der Waals surface area contributed by atoms with Gasteiger partial charge in [0.1, 0.15) is 6.10 Å². The van der Waals surface area contributed by atoms with E-state index >= 15 is 0 Å². The Hall–Kier alpha value is -1.65. The lowest BCUT2D eigenvalue weighted by Crippen LogP contribution is -2.20. The van der Waals surface area contributed by atoms with E-state index in [4.69, 9.17) is 0 Å². The summed E-state index contributed by atoms with van der Waals surface area (Å²) >= 11 is 0. The molecular weight excluding hydrogens is 258 g/mol. The van der Waals surface area contributed by atoms with Gasteiger partial charge in [-0.2, -0.15) is 0 Å². The molecule has 4 heteroatoms. The van der Waals surface area contributed by atoms with Crippen LogP contribution in [0.5, 0.6) is 0 Å². The van der Waals surface area contributed by atoms with Gasteiger partial charge in [0, 0.05) is 18.2 Å². The van der Waals surface area contributed by atoms with Crippen LogP contribution in [-0.2, 0) is 11.0 Å². The molecule has 1 aliphatic heterocycles. The molecule has 1 aliphatic rings. The molecular formula is C15H15NO2S. The zero-order chi connectivity index (χ0) is 13.6. The lowest BCUT2D eigenvalue weighted by molar-refractivity contribution is 0.218. The highest BCUT2D eigenvalue weighted by Crippen LogP contribution is 2.38. The maximum absolute atomic E-state index is 12.6. The van der Waals surface area contributed by atoms with Gasteiger partial charge in [-0.15, -0.1) is 0 Å². The Bertz CT molecular complexity index is 669. The van der Waals surface area contributed by atoms with Crippen LogP contribution in [0, 0.1) is 6.92 Å². The second-order valence-electron chi connectivity index (χ2n) is 4.75. The Morgan fingerprint density at radius 3 is 2.68 bits per heavy atom. The smallest absolute Gasteiger partial charge is 0.153 e. The number of hydrogen-bond donors (Lipinski definition) is 1. The van der Waals surface area contributed by atoms with Crippen molar-refractivity contribution in [1.29, 1.82) is 0 Å². The Kier molecular flexibility index (Phi) is 2.92. The Balaban J connectivity index is 2.30. The topological polar surface area (TPSA) is 40.5 Å². The minimum absolute atomic E-state index is 0.686. The molecule has 1 N–H and O–H groups in total. The number of aryl methyl sites for hydroxylation is 1. The summed E-state index contributed by atoms with van der Waals surface area (Å²) in [5.41, 5.74) is 3.36. The standard InChI is InChI=1S/C15H15NO2S/c1-10-7-8-12-14(9-10)19(18)16(2)13-6-4-3-5-11(13)15(12)17/h3-9,15,17H,1-2H3. The molecule has 0 bridgehead atoms. The van der Waals surface area contributed by atoms with Crippen molar-refractivity contribution in [3.8, 4) is 0 Å². The fourth-order valence-corrected chi connectivity index (χ4v) is 3.74. The summed E-state index contributed by atoms with van der Waals surface area (Å²) in [5.74, 6) is 0. The van der Waals surface area contributed by atoms with Gasteiger partial charge in [0.25, 0.3) is 0 Å². The van der Waals surface area contributed by atoms with Crippen LogP contribution in [0.4, 0.5) is 5.69 Å². The molecule has 0 amide bonds. The van der Waals surface area contributed by atoms with Crippen molar-refractivity contribution in [3.63, 3.8) is 0 Å². The van der Waals surface area contributed by atoms with E-state index in [0.717, 1.165) is 22.4 Å². The van der Waals surface area contributed by atoms with Gasteiger partial charge in [0.05, 0.1) is 10.6 Å².